The fraction of sp³-hybridized carbons (Fsp3) is 0.750. The molecule has 0 rings (SSSR count). The van der Waals surface area contributed by atoms with Gasteiger partial charge in [-0.3, -0.25) is 4.79 Å². The molecule has 3 N–H and O–H groups in total. The highest BCUT2D eigenvalue weighted by molar-refractivity contribution is 5.72. The van der Waals surface area contributed by atoms with Crippen LogP contribution in [0, 0.1) is 0 Å². The smallest absolute Gasteiger partial charge is 0.320 e. The van der Waals surface area contributed by atoms with E-state index >= 15 is 0 Å². The van der Waals surface area contributed by atoms with Crippen molar-refractivity contribution >= 4 is 5.97 Å². The minimum absolute atomic E-state index is 0.782. The maximum atomic E-state index is 11.3. The first kappa shape index (κ1) is 8.29. The van der Waals surface area contributed by atoms with E-state index in [9.17, 15) is 13.6 Å². The van der Waals surface area contributed by atoms with Crippen molar-refractivity contribution in [2.45, 2.75) is 18.9 Å². The summed E-state index contributed by atoms with van der Waals surface area (Å²) in [6, 6.07) is -1.44. The van der Waals surface area contributed by atoms with Crippen LogP contribution in [0.1, 0.15) is 6.42 Å². The van der Waals surface area contributed by atoms with Crippen molar-refractivity contribution in [3.63, 3.8) is 0 Å². The first-order valence-corrected chi connectivity index (χ1v) is 2.30. The lowest BCUT2D eigenvalue weighted by Gasteiger charge is -2.02. The van der Waals surface area contributed by atoms with E-state index in [-0.39, 0.29) is 0 Å². The van der Waals surface area contributed by atoms with Crippen LogP contribution in [0.4, 0.5) is 8.78 Å². The number of carbonyl (C=O) groups is 1. The van der Waals surface area contributed by atoms with E-state index in [1.807, 2.05) is 0 Å². The first-order valence-electron chi connectivity index (χ1n) is 2.30. The molecule has 3 nitrogen and oxygen atoms in total. The molecule has 0 aliphatic heterocycles. The van der Waals surface area contributed by atoms with Crippen LogP contribution in [0.15, 0.2) is 0 Å². The highest BCUT2D eigenvalue weighted by atomic mass is 19.3. The zero-order chi connectivity index (χ0) is 7.44. The fourth-order valence-electron chi connectivity index (χ4n) is 0.293. The molecule has 0 aliphatic carbocycles. The van der Waals surface area contributed by atoms with E-state index in [0.717, 1.165) is 0 Å². The van der Waals surface area contributed by atoms with Gasteiger partial charge in [-0.2, -0.15) is 0 Å². The number of alkyl halides is 2. The lowest BCUT2D eigenvalue weighted by atomic mass is 10.2. The van der Waals surface area contributed by atoms with Gasteiger partial charge in [0.15, 0.2) is 0 Å². The molecular formula is C4H7F2NO2. The Morgan fingerprint density at radius 3 is 2.22 bits per heavy atom. The van der Waals surface area contributed by atoms with E-state index in [4.69, 9.17) is 10.8 Å². The summed E-state index contributed by atoms with van der Waals surface area (Å²) in [7, 11) is 0. The lowest BCUT2D eigenvalue weighted by molar-refractivity contribution is -0.139. The van der Waals surface area contributed by atoms with Crippen LogP contribution >= 0.6 is 0 Å². The highest BCUT2D eigenvalue weighted by Crippen LogP contribution is 2.01. The molecule has 0 fully saturated rings. The quantitative estimate of drug-likeness (QED) is 0.580. The maximum absolute atomic E-state index is 11.3. The molecule has 0 saturated carbocycles. The number of carboxylic acids is 1. The van der Waals surface area contributed by atoms with Gasteiger partial charge in [-0.1, -0.05) is 0 Å². The van der Waals surface area contributed by atoms with Gasteiger partial charge < -0.3 is 10.8 Å². The Morgan fingerprint density at radius 2 is 2.11 bits per heavy atom. The summed E-state index contributed by atoms with van der Waals surface area (Å²) < 4.78 is 22.6. The molecule has 0 heterocycles. The number of hydrogen-bond donors (Lipinski definition) is 2. The van der Waals surface area contributed by atoms with E-state index in [2.05, 4.69) is 0 Å². The Balaban J connectivity index is 3.50. The molecule has 0 aromatic heterocycles. The number of rotatable bonds is 3. The average molecular weight is 139 g/mol. The van der Waals surface area contributed by atoms with Crippen LogP contribution in [0.2, 0.25) is 0 Å². The van der Waals surface area contributed by atoms with Crippen molar-refractivity contribution in [3.8, 4) is 0 Å². The van der Waals surface area contributed by atoms with E-state index in [1.165, 1.54) is 0 Å². The molecule has 5 heteroatoms. The molecule has 0 bridgehead atoms. The first-order chi connectivity index (χ1) is 4.04. The molecule has 0 saturated heterocycles. The summed E-state index contributed by atoms with van der Waals surface area (Å²) in [6.45, 7) is 0. The predicted molar refractivity (Wildman–Crippen MR) is 26.2 cm³/mol. The largest absolute Gasteiger partial charge is 0.480 e. The van der Waals surface area contributed by atoms with Crippen LogP contribution in [0.25, 0.3) is 0 Å². The maximum Gasteiger partial charge on any atom is 0.320 e. The van der Waals surface area contributed by atoms with E-state index < -0.39 is 24.9 Å². The van der Waals surface area contributed by atoms with E-state index in [1.54, 1.807) is 0 Å². The molecule has 0 aliphatic rings. The van der Waals surface area contributed by atoms with Crippen molar-refractivity contribution < 1.29 is 18.7 Å². The Bertz CT molecular complexity index is 107. The van der Waals surface area contributed by atoms with Crippen LogP contribution in [-0.2, 0) is 4.79 Å². The SMILES string of the molecule is N[C@@H](CC(F)F)C(=O)O. The number of nitrogens with two attached hydrogens (primary N) is 1. The topological polar surface area (TPSA) is 63.3 Å². The summed E-state index contributed by atoms with van der Waals surface area (Å²) in [6.07, 6.45) is -3.42. The third kappa shape index (κ3) is 3.84. The Morgan fingerprint density at radius 1 is 1.67 bits per heavy atom. The van der Waals surface area contributed by atoms with Crippen molar-refractivity contribution in [2.24, 2.45) is 5.73 Å². The summed E-state index contributed by atoms with van der Waals surface area (Å²) in [4.78, 5) is 9.78. The Kier molecular flexibility index (Phi) is 3.08. The van der Waals surface area contributed by atoms with Gasteiger partial charge in [0.25, 0.3) is 0 Å². The summed E-state index contributed by atoms with van der Waals surface area (Å²) >= 11 is 0. The van der Waals surface area contributed by atoms with Crippen molar-refractivity contribution in [1.82, 2.24) is 0 Å². The average Bonchev–Trinajstić information content (AvgIpc) is 1.63. The van der Waals surface area contributed by atoms with Gasteiger partial charge in [0.1, 0.15) is 6.04 Å². The van der Waals surface area contributed by atoms with Crippen LogP contribution in [-0.4, -0.2) is 23.5 Å². The molecule has 0 aromatic rings. The van der Waals surface area contributed by atoms with Gasteiger partial charge in [0, 0.05) is 6.42 Å². The Labute approximate surface area is 50.5 Å². The minimum Gasteiger partial charge on any atom is -0.480 e. The number of carboxylic acid groups (broad SMARTS) is 1. The second-order valence-electron chi connectivity index (χ2n) is 1.57. The Hall–Kier alpha value is -0.710. The number of aliphatic carboxylic acids is 1. The van der Waals surface area contributed by atoms with Crippen LogP contribution in [0.5, 0.6) is 0 Å². The minimum atomic E-state index is -2.64. The second kappa shape index (κ2) is 3.34. The molecule has 0 amide bonds. The molecule has 0 aromatic carbocycles. The van der Waals surface area contributed by atoms with Crippen molar-refractivity contribution in [2.75, 3.05) is 0 Å². The van der Waals surface area contributed by atoms with E-state index in [0.29, 0.717) is 0 Å². The van der Waals surface area contributed by atoms with Crippen LogP contribution in [0.3, 0.4) is 0 Å². The molecule has 54 valence electrons. The molecule has 0 unspecified atom stereocenters. The van der Waals surface area contributed by atoms with Gasteiger partial charge in [-0.25, -0.2) is 8.78 Å². The van der Waals surface area contributed by atoms with Gasteiger partial charge in [-0.15, -0.1) is 0 Å². The number of halogens is 2. The zero-order valence-electron chi connectivity index (χ0n) is 4.55. The van der Waals surface area contributed by atoms with Gasteiger partial charge in [0.05, 0.1) is 0 Å². The molecule has 1 atom stereocenters. The van der Waals surface area contributed by atoms with Crippen molar-refractivity contribution in [1.29, 1.82) is 0 Å². The van der Waals surface area contributed by atoms with Gasteiger partial charge in [0.2, 0.25) is 6.43 Å². The zero-order valence-corrected chi connectivity index (χ0v) is 4.55. The summed E-state index contributed by atoms with van der Waals surface area (Å²) in [5.41, 5.74) is 4.74. The molecular weight excluding hydrogens is 132 g/mol. The summed E-state index contributed by atoms with van der Waals surface area (Å²) in [5.74, 6) is -1.39. The molecule has 0 radical (unpaired) electrons. The lowest BCUT2D eigenvalue weighted by Crippen LogP contribution is -2.31. The highest BCUT2D eigenvalue weighted by Gasteiger charge is 2.16. The summed E-state index contributed by atoms with van der Waals surface area (Å²) in [5, 5.41) is 7.97. The van der Waals surface area contributed by atoms with Gasteiger partial charge in [-0.05, 0) is 0 Å². The normalized spacial score (nSPS) is 13.8. The standard InChI is InChI=1S/C4H7F2NO2/c5-3(6)1-2(7)4(8)9/h2-3H,1,7H2,(H,8,9)/t2-/m0/s1. The monoisotopic (exact) mass is 139 g/mol. The molecule has 9 heavy (non-hydrogen) atoms. The molecule has 0 spiro atoms. The fourth-order valence-corrected chi connectivity index (χ4v) is 0.293. The van der Waals surface area contributed by atoms with Crippen molar-refractivity contribution in [3.05, 3.63) is 0 Å². The third-order valence-corrected chi connectivity index (χ3v) is 0.749. The second-order valence-corrected chi connectivity index (χ2v) is 1.57. The third-order valence-electron chi connectivity index (χ3n) is 0.749. The van der Waals surface area contributed by atoms with Gasteiger partial charge >= 0.3 is 5.97 Å². The number of hydrogen-bond acceptors (Lipinski definition) is 2. The predicted octanol–water partition coefficient (Wildman–Crippen LogP) is 0.0535. The van der Waals surface area contributed by atoms with Crippen LogP contribution < -0.4 is 5.73 Å².